The Balaban J connectivity index is 1.88. The quantitative estimate of drug-likeness (QED) is 0.709. The third-order valence-corrected chi connectivity index (χ3v) is 2.03. The van der Waals surface area contributed by atoms with Gasteiger partial charge in [0.25, 0.3) is 0 Å². The van der Waals surface area contributed by atoms with Crippen molar-refractivity contribution < 1.29 is 0 Å². The molecule has 1 aromatic carbocycles. The van der Waals surface area contributed by atoms with Crippen LogP contribution in [0.3, 0.4) is 0 Å². The maximum absolute atomic E-state index is 4.06. The van der Waals surface area contributed by atoms with Gasteiger partial charge in [-0.1, -0.05) is 42.5 Å². The SMILES string of the molecule is C(=Cc1ccccc1)CC=C1N=CC=N1. The van der Waals surface area contributed by atoms with E-state index in [0.29, 0.717) is 0 Å². The van der Waals surface area contributed by atoms with Crippen LogP contribution in [-0.4, -0.2) is 12.4 Å². The van der Waals surface area contributed by atoms with Crippen molar-refractivity contribution in [2.75, 3.05) is 0 Å². The van der Waals surface area contributed by atoms with E-state index in [0.717, 1.165) is 12.2 Å². The van der Waals surface area contributed by atoms with Crippen LogP contribution in [0.4, 0.5) is 0 Å². The van der Waals surface area contributed by atoms with E-state index in [2.05, 4.69) is 34.3 Å². The highest BCUT2D eigenvalue weighted by Crippen LogP contribution is 2.06. The molecule has 1 aliphatic rings. The Labute approximate surface area is 89.4 Å². The first-order chi connectivity index (χ1) is 7.45. The predicted octanol–water partition coefficient (Wildman–Crippen LogP) is 3.09. The molecule has 1 aliphatic heterocycles. The van der Waals surface area contributed by atoms with Crippen molar-refractivity contribution in [2.45, 2.75) is 6.42 Å². The summed E-state index contributed by atoms with van der Waals surface area (Å²) in [5, 5.41) is 0. The molecular formula is C13H12N2. The van der Waals surface area contributed by atoms with Gasteiger partial charge in [0.05, 0.1) is 0 Å². The molecule has 0 saturated carbocycles. The van der Waals surface area contributed by atoms with Crippen LogP contribution in [0.5, 0.6) is 0 Å². The summed E-state index contributed by atoms with van der Waals surface area (Å²) in [5.74, 6) is 0.799. The second-order valence-corrected chi connectivity index (χ2v) is 3.17. The summed E-state index contributed by atoms with van der Waals surface area (Å²) in [6, 6.07) is 10.2. The molecular weight excluding hydrogens is 184 g/mol. The van der Waals surface area contributed by atoms with Gasteiger partial charge in [0.15, 0.2) is 0 Å². The van der Waals surface area contributed by atoms with Gasteiger partial charge >= 0.3 is 0 Å². The third-order valence-electron chi connectivity index (χ3n) is 2.03. The Kier molecular flexibility index (Phi) is 3.23. The highest BCUT2D eigenvalue weighted by atomic mass is 15.0. The third kappa shape index (κ3) is 3.02. The molecule has 0 saturated heterocycles. The average Bonchev–Trinajstić information content (AvgIpc) is 2.79. The molecule has 15 heavy (non-hydrogen) atoms. The second-order valence-electron chi connectivity index (χ2n) is 3.17. The molecule has 0 atom stereocenters. The molecule has 0 bridgehead atoms. The molecule has 1 aromatic rings. The van der Waals surface area contributed by atoms with Crippen molar-refractivity contribution >= 4 is 18.5 Å². The van der Waals surface area contributed by atoms with Gasteiger partial charge in [-0.3, -0.25) is 0 Å². The van der Waals surface area contributed by atoms with Crippen molar-refractivity contribution in [3.8, 4) is 0 Å². The number of benzene rings is 1. The summed E-state index contributed by atoms with van der Waals surface area (Å²) >= 11 is 0. The molecule has 0 amide bonds. The maximum Gasteiger partial charge on any atom is 0.148 e. The van der Waals surface area contributed by atoms with E-state index < -0.39 is 0 Å². The highest BCUT2D eigenvalue weighted by Gasteiger charge is 1.90. The van der Waals surface area contributed by atoms with Crippen molar-refractivity contribution in [1.29, 1.82) is 0 Å². The second kappa shape index (κ2) is 5.05. The highest BCUT2D eigenvalue weighted by molar-refractivity contribution is 6.18. The molecule has 0 radical (unpaired) electrons. The molecule has 2 rings (SSSR count). The zero-order chi connectivity index (χ0) is 10.3. The fourth-order valence-corrected chi connectivity index (χ4v) is 1.30. The molecule has 2 heteroatoms. The van der Waals surface area contributed by atoms with Crippen LogP contribution in [0.1, 0.15) is 12.0 Å². The number of rotatable bonds is 3. The van der Waals surface area contributed by atoms with E-state index in [1.165, 1.54) is 5.56 Å². The van der Waals surface area contributed by atoms with Crippen LogP contribution in [0, 0.1) is 0 Å². The van der Waals surface area contributed by atoms with E-state index in [1.807, 2.05) is 24.3 Å². The molecule has 1 heterocycles. The minimum absolute atomic E-state index is 0.799. The summed E-state index contributed by atoms with van der Waals surface area (Å²) in [4.78, 5) is 8.12. The summed E-state index contributed by atoms with van der Waals surface area (Å²) in [5.41, 5.74) is 1.22. The summed E-state index contributed by atoms with van der Waals surface area (Å²) < 4.78 is 0. The maximum atomic E-state index is 4.06. The molecule has 0 aromatic heterocycles. The van der Waals surface area contributed by atoms with Crippen LogP contribution in [0.2, 0.25) is 0 Å². The van der Waals surface area contributed by atoms with Crippen molar-refractivity contribution in [3.05, 3.63) is 53.9 Å². The molecule has 0 spiro atoms. The lowest BCUT2D eigenvalue weighted by molar-refractivity contribution is 1.22. The van der Waals surface area contributed by atoms with Crippen LogP contribution in [0.15, 0.2) is 58.3 Å². The Bertz CT molecular complexity index is 411. The van der Waals surface area contributed by atoms with E-state index in [-0.39, 0.29) is 0 Å². The molecule has 0 fully saturated rings. The van der Waals surface area contributed by atoms with E-state index in [4.69, 9.17) is 0 Å². The van der Waals surface area contributed by atoms with E-state index >= 15 is 0 Å². The minimum atomic E-state index is 0.799. The standard InChI is InChI=1S/C13H12N2/c1-2-6-12(7-3-1)8-4-5-9-13-14-10-11-15-13/h1-4,6-11H,5H2. The first-order valence-corrected chi connectivity index (χ1v) is 4.93. The predicted molar refractivity (Wildman–Crippen MR) is 65.2 cm³/mol. The molecule has 0 aliphatic carbocycles. The minimum Gasteiger partial charge on any atom is -0.236 e. The molecule has 2 nitrogen and oxygen atoms in total. The smallest absolute Gasteiger partial charge is 0.148 e. The lowest BCUT2D eigenvalue weighted by Crippen LogP contribution is -1.69. The zero-order valence-corrected chi connectivity index (χ0v) is 8.38. The zero-order valence-electron chi connectivity index (χ0n) is 8.38. The van der Waals surface area contributed by atoms with Crippen LogP contribution >= 0.6 is 0 Å². The fourth-order valence-electron chi connectivity index (χ4n) is 1.30. The van der Waals surface area contributed by atoms with Gasteiger partial charge in [0.2, 0.25) is 0 Å². The van der Waals surface area contributed by atoms with Crippen LogP contribution in [0.25, 0.3) is 6.08 Å². The Morgan fingerprint density at radius 3 is 2.47 bits per heavy atom. The molecule has 0 unspecified atom stereocenters. The molecule has 0 N–H and O–H groups in total. The van der Waals surface area contributed by atoms with E-state index in [1.54, 1.807) is 12.4 Å². The Morgan fingerprint density at radius 1 is 1.00 bits per heavy atom. The fraction of sp³-hybridized carbons (Fsp3) is 0.0769. The van der Waals surface area contributed by atoms with Crippen molar-refractivity contribution in [1.82, 2.24) is 0 Å². The first-order valence-electron chi connectivity index (χ1n) is 4.93. The van der Waals surface area contributed by atoms with Gasteiger partial charge in [0.1, 0.15) is 5.82 Å². The van der Waals surface area contributed by atoms with E-state index in [9.17, 15) is 0 Å². The number of aliphatic imine (C=N–C) groups is 2. The lowest BCUT2D eigenvalue weighted by Gasteiger charge is -1.90. The van der Waals surface area contributed by atoms with Gasteiger partial charge in [-0.2, -0.15) is 0 Å². The van der Waals surface area contributed by atoms with Crippen molar-refractivity contribution in [2.24, 2.45) is 9.98 Å². The largest absolute Gasteiger partial charge is 0.236 e. The van der Waals surface area contributed by atoms with Crippen molar-refractivity contribution in [3.63, 3.8) is 0 Å². The number of hydrogen-bond donors (Lipinski definition) is 0. The van der Waals surface area contributed by atoms with Gasteiger partial charge < -0.3 is 0 Å². The van der Waals surface area contributed by atoms with Gasteiger partial charge in [-0.05, 0) is 18.1 Å². The Morgan fingerprint density at radius 2 is 1.73 bits per heavy atom. The topological polar surface area (TPSA) is 24.7 Å². The van der Waals surface area contributed by atoms with Gasteiger partial charge in [-0.25, -0.2) is 9.98 Å². The van der Waals surface area contributed by atoms with Gasteiger partial charge in [0, 0.05) is 12.4 Å². The summed E-state index contributed by atoms with van der Waals surface area (Å²) in [6.07, 6.45) is 10.5. The number of allylic oxidation sites excluding steroid dienone is 2. The number of hydrogen-bond acceptors (Lipinski definition) is 2. The van der Waals surface area contributed by atoms with Crippen LogP contribution in [-0.2, 0) is 0 Å². The average molecular weight is 196 g/mol. The Hall–Kier alpha value is -1.96. The summed E-state index contributed by atoms with van der Waals surface area (Å²) in [7, 11) is 0. The normalized spacial score (nSPS) is 14.0. The molecule has 74 valence electrons. The first kappa shape index (κ1) is 9.59. The summed E-state index contributed by atoms with van der Waals surface area (Å²) in [6.45, 7) is 0. The van der Waals surface area contributed by atoms with Crippen LogP contribution < -0.4 is 0 Å². The number of nitrogens with zero attached hydrogens (tertiary/aromatic N) is 2. The van der Waals surface area contributed by atoms with Gasteiger partial charge in [-0.15, -0.1) is 0 Å². The lowest BCUT2D eigenvalue weighted by atomic mass is 10.2. The monoisotopic (exact) mass is 196 g/mol.